The number of rotatable bonds is 1. The van der Waals surface area contributed by atoms with Gasteiger partial charge in [0, 0.05) is 0 Å². The van der Waals surface area contributed by atoms with Crippen LogP contribution in [0.15, 0.2) is 18.2 Å². The summed E-state index contributed by atoms with van der Waals surface area (Å²) in [4.78, 5) is 0. The molecule has 0 aliphatic rings. The monoisotopic (exact) mass is 245 g/mol. The maximum absolute atomic E-state index is 8.83. The number of nitriles is 1. The molecule has 3 nitrogen and oxygen atoms in total. The van der Waals surface area contributed by atoms with Crippen molar-refractivity contribution in [2.45, 2.75) is 20.8 Å². The Labute approximate surface area is 105 Å². The predicted octanol–water partition coefficient (Wildman–Crippen LogP) is 3.32. The van der Waals surface area contributed by atoms with E-state index in [-0.39, 0.29) is 0 Å². The number of benzene rings is 1. The third kappa shape index (κ3) is 1.92. The highest BCUT2D eigenvalue weighted by molar-refractivity contribution is 6.31. The number of aryl methyl sites for hydroxylation is 2. The first kappa shape index (κ1) is 11.7. The molecule has 0 bridgehead atoms. The van der Waals surface area contributed by atoms with E-state index in [0.717, 1.165) is 22.6 Å². The molecular formula is C13H12ClN3. The molecule has 17 heavy (non-hydrogen) atoms. The summed E-state index contributed by atoms with van der Waals surface area (Å²) in [7, 11) is 0. The maximum atomic E-state index is 8.83. The second-order valence-electron chi connectivity index (χ2n) is 4.01. The Morgan fingerprint density at radius 1 is 1.29 bits per heavy atom. The van der Waals surface area contributed by atoms with E-state index in [2.05, 4.69) is 11.2 Å². The van der Waals surface area contributed by atoms with Crippen LogP contribution < -0.4 is 0 Å². The van der Waals surface area contributed by atoms with Crippen LogP contribution in [0.2, 0.25) is 5.02 Å². The van der Waals surface area contributed by atoms with Crippen LogP contribution in [0.1, 0.15) is 22.5 Å². The van der Waals surface area contributed by atoms with Crippen molar-refractivity contribution >= 4 is 11.6 Å². The van der Waals surface area contributed by atoms with Crippen LogP contribution in [0.25, 0.3) is 5.69 Å². The standard InChI is InChI=1S/C13H12ClN3/c1-8-6-11(7-15)4-5-12(8)17-10(3)13(14)9(2)16-17/h4-6H,1-3H3. The molecule has 0 amide bonds. The summed E-state index contributed by atoms with van der Waals surface area (Å²) in [6.07, 6.45) is 0. The van der Waals surface area contributed by atoms with Crippen molar-refractivity contribution in [2.24, 2.45) is 0 Å². The number of halogens is 1. The van der Waals surface area contributed by atoms with E-state index in [1.165, 1.54) is 0 Å². The lowest BCUT2D eigenvalue weighted by atomic mass is 10.1. The van der Waals surface area contributed by atoms with Gasteiger partial charge in [0.05, 0.1) is 33.7 Å². The molecule has 4 heteroatoms. The first-order chi connectivity index (χ1) is 8.04. The van der Waals surface area contributed by atoms with Gasteiger partial charge in [-0.1, -0.05) is 11.6 Å². The highest BCUT2D eigenvalue weighted by Gasteiger charge is 2.12. The molecule has 86 valence electrons. The van der Waals surface area contributed by atoms with Crippen LogP contribution in [0.4, 0.5) is 0 Å². The molecule has 1 aromatic carbocycles. The smallest absolute Gasteiger partial charge is 0.0991 e. The molecular weight excluding hydrogens is 234 g/mol. The Kier molecular flexibility index (Phi) is 2.91. The van der Waals surface area contributed by atoms with Crippen molar-refractivity contribution in [1.29, 1.82) is 5.26 Å². The Morgan fingerprint density at radius 3 is 2.47 bits per heavy atom. The fraction of sp³-hybridized carbons (Fsp3) is 0.231. The van der Waals surface area contributed by atoms with E-state index in [0.29, 0.717) is 10.6 Å². The molecule has 0 radical (unpaired) electrons. The highest BCUT2D eigenvalue weighted by Crippen LogP contribution is 2.24. The number of hydrogen-bond acceptors (Lipinski definition) is 2. The second-order valence-corrected chi connectivity index (χ2v) is 4.39. The molecule has 0 saturated carbocycles. The molecule has 1 aromatic heterocycles. The third-order valence-corrected chi connectivity index (χ3v) is 3.30. The molecule has 0 spiro atoms. The molecule has 1 heterocycles. The Balaban J connectivity index is 2.62. The van der Waals surface area contributed by atoms with Crippen molar-refractivity contribution in [3.05, 3.63) is 45.7 Å². The topological polar surface area (TPSA) is 41.6 Å². The van der Waals surface area contributed by atoms with Gasteiger partial charge in [-0.25, -0.2) is 4.68 Å². The predicted molar refractivity (Wildman–Crippen MR) is 67.5 cm³/mol. The van der Waals surface area contributed by atoms with E-state index < -0.39 is 0 Å². The molecule has 2 aromatic rings. The van der Waals surface area contributed by atoms with Gasteiger partial charge in [0.1, 0.15) is 0 Å². The maximum Gasteiger partial charge on any atom is 0.0991 e. The van der Waals surface area contributed by atoms with Crippen LogP contribution >= 0.6 is 11.6 Å². The SMILES string of the molecule is Cc1cc(C#N)ccc1-n1nc(C)c(Cl)c1C. The van der Waals surface area contributed by atoms with Gasteiger partial charge >= 0.3 is 0 Å². The van der Waals surface area contributed by atoms with E-state index >= 15 is 0 Å². The van der Waals surface area contributed by atoms with Gasteiger partial charge in [0.2, 0.25) is 0 Å². The van der Waals surface area contributed by atoms with Crippen LogP contribution in [0.3, 0.4) is 0 Å². The minimum atomic E-state index is 0.652. The molecule has 0 aliphatic heterocycles. The van der Waals surface area contributed by atoms with Gasteiger partial charge in [0.25, 0.3) is 0 Å². The summed E-state index contributed by atoms with van der Waals surface area (Å²) in [6, 6.07) is 7.65. The zero-order valence-electron chi connectivity index (χ0n) is 9.95. The summed E-state index contributed by atoms with van der Waals surface area (Å²) in [5.74, 6) is 0. The van der Waals surface area contributed by atoms with Gasteiger partial charge < -0.3 is 0 Å². The van der Waals surface area contributed by atoms with Crippen molar-refractivity contribution < 1.29 is 0 Å². The molecule has 0 saturated heterocycles. The molecule has 0 aliphatic carbocycles. The molecule has 0 N–H and O–H groups in total. The summed E-state index contributed by atoms with van der Waals surface area (Å²) in [5, 5.41) is 13.9. The Hall–Kier alpha value is -1.79. The van der Waals surface area contributed by atoms with E-state index in [4.69, 9.17) is 16.9 Å². The number of nitrogens with zero attached hydrogens (tertiary/aromatic N) is 3. The van der Waals surface area contributed by atoms with E-state index in [1.807, 2.05) is 37.6 Å². The first-order valence-corrected chi connectivity index (χ1v) is 5.65. The number of aromatic nitrogens is 2. The van der Waals surface area contributed by atoms with Crippen molar-refractivity contribution in [3.63, 3.8) is 0 Å². The Bertz CT molecular complexity index is 620. The highest BCUT2D eigenvalue weighted by atomic mass is 35.5. The summed E-state index contributed by atoms with van der Waals surface area (Å²) >= 11 is 6.12. The normalized spacial score (nSPS) is 10.3. The fourth-order valence-corrected chi connectivity index (χ4v) is 1.94. The third-order valence-electron chi connectivity index (χ3n) is 2.76. The van der Waals surface area contributed by atoms with E-state index in [9.17, 15) is 0 Å². The van der Waals surface area contributed by atoms with Crippen molar-refractivity contribution in [2.75, 3.05) is 0 Å². The minimum Gasteiger partial charge on any atom is -0.236 e. The van der Waals surface area contributed by atoms with E-state index in [1.54, 1.807) is 6.07 Å². The second kappa shape index (κ2) is 4.23. The van der Waals surface area contributed by atoms with Crippen LogP contribution in [-0.2, 0) is 0 Å². The average molecular weight is 246 g/mol. The lowest BCUT2D eigenvalue weighted by molar-refractivity contribution is 0.827. The van der Waals surface area contributed by atoms with Crippen molar-refractivity contribution in [1.82, 2.24) is 9.78 Å². The largest absolute Gasteiger partial charge is 0.236 e. The van der Waals surface area contributed by atoms with Crippen LogP contribution in [0.5, 0.6) is 0 Å². The lowest BCUT2D eigenvalue weighted by Crippen LogP contribution is -2.01. The molecule has 0 atom stereocenters. The quantitative estimate of drug-likeness (QED) is 0.773. The van der Waals surface area contributed by atoms with Gasteiger partial charge in [-0.05, 0) is 44.5 Å². The van der Waals surface area contributed by atoms with Crippen LogP contribution in [0, 0.1) is 32.1 Å². The zero-order valence-corrected chi connectivity index (χ0v) is 10.7. The minimum absolute atomic E-state index is 0.652. The van der Waals surface area contributed by atoms with Gasteiger partial charge in [-0.2, -0.15) is 10.4 Å². The molecule has 0 fully saturated rings. The molecule has 2 rings (SSSR count). The Morgan fingerprint density at radius 2 is 2.00 bits per heavy atom. The number of hydrogen-bond donors (Lipinski definition) is 0. The molecule has 0 unspecified atom stereocenters. The average Bonchev–Trinajstić information content (AvgIpc) is 2.57. The van der Waals surface area contributed by atoms with Gasteiger partial charge in [0.15, 0.2) is 0 Å². The zero-order chi connectivity index (χ0) is 12.6. The summed E-state index contributed by atoms with van der Waals surface area (Å²) in [6.45, 7) is 5.77. The lowest BCUT2D eigenvalue weighted by Gasteiger charge is -2.08. The first-order valence-electron chi connectivity index (χ1n) is 5.27. The van der Waals surface area contributed by atoms with Gasteiger partial charge in [-0.3, -0.25) is 0 Å². The van der Waals surface area contributed by atoms with Crippen LogP contribution in [-0.4, -0.2) is 9.78 Å². The summed E-state index contributed by atoms with van der Waals surface area (Å²) < 4.78 is 1.81. The fourth-order valence-electron chi connectivity index (χ4n) is 1.82. The summed E-state index contributed by atoms with van der Waals surface area (Å²) in [5.41, 5.74) is 4.34. The van der Waals surface area contributed by atoms with Gasteiger partial charge in [-0.15, -0.1) is 0 Å². The van der Waals surface area contributed by atoms with Crippen molar-refractivity contribution in [3.8, 4) is 11.8 Å².